The monoisotopic (exact) mass is 266 g/mol. The highest BCUT2D eigenvalue weighted by molar-refractivity contribution is 7.09. The first-order valence-corrected chi connectivity index (χ1v) is 7.37. The van der Waals surface area contributed by atoms with Crippen molar-refractivity contribution in [1.29, 1.82) is 0 Å². The molecule has 0 spiro atoms. The minimum absolute atomic E-state index is 0.0374. The van der Waals surface area contributed by atoms with Gasteiger partial charge in [0.05, 0.1) is 12.6 Å². The van der Waals surface area contributed by atoms with E-state index in [1.807, 2.05) is 11.7 Å². The topological polar surface area (TPSA) is 42.4 Å². The fourth-order valence-corrected chi connectivity index (χ4v) is 4.14. The summed E-state index contributed by atoms with van der Waals surface area (Å²) in [4.78, 5) is 19.6. The van der Waals surface area contributed by atoms with E-state index in [0.29, 0.717) is 11.8 Å². The Morgan fingerprint density at radius 3 is 3.22 bits per heavy atom. The summed E-state index contributed by atoms with van der Waals surface area (Å²) < 4.78 is 5.00. The van der Waals surface area contributed by atoms with Crippen LogP contribution >= 0.6 is 11.3 Å². The van der Waals surface area contributed by atoms with E-state index in [-0.39, 0.29) is 12.0 Å². The second kappa shape index (κ2) is 4.97. The number of fused-ring (bicyclic) bond motifs is 1. The van der Waals surface area contributed by atoms with Gasteiger partial charge in [0.1, 0.15) is 6.04 Å². The minimum atomic E-state index is -0.0612. The molecule has 1 saturated carbocycles. The number of hydrogen-bond acceptors (Lipinski definition) is 5. The van der Waals surface area contributed by atoms with Crippen LogP contribution in [0.5, 0.6) is 0 Å². The van der Waals surface area contributed by atoms with E-state index in [9.17, 15) is 4.79 Å². The molecule has 2 heterocycles. The highest BCUT2D eigenvalue weighted by Gasteiger charge is 2.47. The predicted molar refractivity (Wildman–Crippen MR) is 69.2 cm³/mol. The Morgan fingerprint density at radius 2 is 2.50 bits per heavy atom. The lowest BCUT2D eigenvalue weighted by Crippen LogP contribution is -2.39. The third-order valence-electron chi connectivity index (χ3n) is 4.27. The molecule has 0 unspecified atom stereocenters. The molecule has 0 bridgehead atoms. The summed E-state index contributed by atoms with van der Waals surface area (Å²) >= 11 is 1.65. The van der Waals surface area contributed by atoms with Crippen molar-refractivity contribution in [3.05, 3.63) is 16.6 Å². The Bertz CT molecular complexity index is 421. The van der Waals surface area contributed by atoms with Gasteiger partial charge in [-0.25, -0.2) is 0 Å². The van der Waals surface area contributed by atoms with E-state index < -0.39 is 0 Å². The molecule has 1 aliphatic carbocycles. The maximum atomic E-state index is 12.0. The van der Waals surface area contributed by atoms with Gasteiger partial charge in [-0.2, -0.15) is 0 Å². The number of thiazole rings is 1. The average Bonchev–Trinajstić information content (AvgIpc) is 3.04. The van der Waals surface area contributed by atoms with Gasteiger partial charge >= 0.3 is 5.97 Å². The van der Waals surface area contributed by atoms with E-state index in [1.54, 1.807) is 11.3 Å². The number of nitrogens with zero attached hydrogens (tertiary/aromatic N) is 2. The smallest absolute Gasteiger partial charge is 0.323 e. The maximum Gasteiger partial charge on any atom is 0.323 e. The largest absolute Gasteiger partial charge is 0.468 e. The molecule has 18 heavy (non-hydrogen) atoms. The van der Waals surface area contributed by atoms with Gasteiger partial charge in [0.25, 0.3) is 0 Å². The average molecular weight is 266 g/mol. The van der Waals surface area contributed by atoms with Crippen molar-refractivity contribution in [2.24, 2.45) is 11.8 Å². The minimum Gasteiger partial charge on any atom is -0.468 e. The first-order chi connectivity index (χ1) is 8.79. The molecule has 3 rings (SSSR count). The number of carbonyl (C=O) groups excluding carboxylic acids is 1. The van der Waals surface area contributed by atoms with Gasteiger partial charge in [-0.05, 0) is 24.7 Å². The zero-order valence-corrected chi connectivity index (χ0v) is 11.4. The summed E-state index contributed by atoms with van der Waals surface area (Å²) in [6, 6.07) is -0.0374. The van der Waals surface area contributed by atoms with Crippen molar-refractivity contribution in [2.45, 2.75) is 31.8 Å². The van der Waals surface area contributed by atoms with Crippen LogP contribution in [0.2, 0.25) is 0 Å². The number of aromatic nitrogens is 1. The second-order valence-electron chi connectivity index (χ2n) is 5.22. The van der Waals surface area contributed by atoms with E-state index in [1.165, 1.54) is 31.2 Å². The van der Waals surface area contributed by atoms with Gasteiger partial charge in [0.15, 0.2) is 0 Å². The molecule has 0 amide bonds. The third-order valence-corrected chi connectivity index (χ3v) is 5.04. The zero-order valence-electron chi connectivity index (χ0n) is 10.5. The van der Waals surface area contributed by atoms with Crippen LogP contribution in [0.3, 0.4) is 0 Å². The Morgan fingerprint density at radius 1 is 1.61 bits per heavy atom. The van der Waals surface area contributed by atoms with Crippen LogP contribution in [0, 0.1) is 11.8 Å². The number of ether oxygens (including phenoxy) is 1. The fraction of sp³-hybridized carbons (Fsp3) is 0.692. The van der Waals surface area contributed by atoms with Crippen LogP contribution in [0.1, 0.15) is 24.1 Å². The standard InChI is InChI=1S/C13H18N2O2S/c1-17-13(16)12-11-4-2-3-9(11)6-15(12)7-10-5-14-8-18-10/h5,8-9,11-12H,2-4,6-7H2,1H3/t9-,11+,12-/m0/s1. The van der Waals surface area contributed by atoms with Crippen molar-refractivity contribution < 1.29 is 9.53 Å². The maximum absolute atomic E-state index is 12.0. The van der Waals surface area contributed by atoms with Crippen LogP contribution in [0.4, 0.5) is 0 Å². The molecule has 2 aliphatic rings. The van der Waals surface area contributed by atoms with Gasteiger partial charge in [0.2, 0.25) is 0 Å². The van der Waals surface area contributed by atoms with Gasteiger partial charge < -0.3 is 4.74 Å². The molecule has 0 N–H and O–H groups in total. The summed E-state index contributed by atoms with van der Waals surface area (Å²) in [5, 5.41) is 0. The molecule has 1 aromatic rings. The van der Waals surface area contributed by atoms with Crippen molar-refractivity contribution in [3.63, 3.8) is 0 Å². The van der Waals surface area contributed by atoms with Crippen LogP contribution in [0.15, 0.2) is 11.7 Å². The summed E-state index contributed by atoms with van der Waals surface area (Å²) in [5.41, 5.74) is 1.85. The number of hydrogen-bond donors (Lipinski definition) is 0. The number of rotatable bonds is 3. The summed E-state index contributed by atoms with van der Waals surface area (Å²) in [5.74, 6) is 1.13. The van der Waals surface area contributed by atoms with E-state index in [2.05, 4.69) is 9.88 Å². The molecule has 0 radical (unpaired) electrons. The molecule has 98 valence electrons. The van der Waals surface area contributed by atoms with Crippen LogP contribution in [-0.2, 0) is 16.1 Å². The van der Waals surface area contributed by atoms with Crippen LogP contribution in [-0.4, -0.2) is 35.5 Å². The predicted octanol–water partition coefficient (Wildman–Crippen LogP) is 1.92. The second-order valence-corrected chi connectivity index (χ2v) is 6.19. The van der Waals surface area contributed by atoms with Crippen molar-refractivity contribution >= 4 is 17.3 Å². The highest BCUT2D eigenvalue weighted by atomic mass is 32.1. The fourth-order valence-electron chi connectivity index (χ4n) is 3.52. The molecule has 3 atom stereocenters. The summed E-state index contributed by atoms with van der Waals surface area (Å²) in [7, 11) is 1.50. The summed E-state index contributed by atoms with van der Waals surface area (Å²) in [6.07, 6.45) is 5.59. The Hall–Kier alpha value is -0.940. The number of esters is 1. The van der Waals surface area contributed by atoms with Crippen molar-refractivity contribution in [3.8, 4) is 0 Å². The number of carbonyl (C=O) groups is 1. The lowest BCUT2D eigenvalue weighted by Gasteiger charge is -2.24. The van der Waals surface area contributed by atoms with Gasteiger partial charge in [-0.1, -0.05) is 6.42 Å². The first kappa shape index (κ1) is 12.1. The molecule has 5 heteroatoms. The van der Waals surface area contributed by atoms with Gasteiger partial charge in [0, 0.05) is 24.2 Å². The molecule has 4 nitrogen and oxygen atoms in total. The zero-order chi connectivity index (χ0) is 12.5. The van der Waals surface area contributed by atoms with Crippen molar-refractivity contribution in [1.82, 2.24) is 9.88 Å². The quantitative estimate of drug-likeness (QED) is 0.784. The van der Waals surface area contributed by atoms with E-state index in [4.69, 9.17) is 4.74 Å². The Labute approximate surface area is 111 Å². The van der Waals surface area contributed by atoms with Crippen molar-refractivity contribution in [2.75, 3.05) is 13.7 Å². The van der Waals surface area contributed by atoms with E-state index >= 15 is 0 Å². The number of likely N-dealkylation sites (tertiary alicyclic amines) is 1. The molecule has 2 fully saturated rings. The number of methoxy groups -OCH3 is 1. The lowest BCUT2D eigenvalue weighted by molar-refractivity contribution is -0.147. The SMILES string of the molecule is COC(=O)[C@@H]1[C@@H]2CCC[C@H]2CN1Cc1cncs1. The lowest BCUT2D eigenvalue weighted by atomic mass is 9.94. The first-order valence-electron chi connectivity index (χ1n) is 6.49. The van der Waals surface area contributed by atoms with E-state index in [0.717, 1.165) is 13.1 Å². The molecule has 1 aromatic heterocycles. The summed E-state index contributed by atoms with van der Waals surface area (Å²) in [6.45, 7) is 1.86. The van der Waals surface area contributed by atoms with Gasteiger partial charge in [-0.15, -0.1) is 11.3 Å². The molecule has 1 saturated heterocycles. The van der Waals surface area contributed by atoms with Gasteiger partial charge in [-0.3, -0.25) is 14.7 Å². The highest BCUT2D eigenvalue weighted by Crippen LogP contribution is 2.43. The Balaban J connectivity index is 1.77. The molecule has 1 aliphatic heterocycles. The van der Waals surface area contributed by atoms with Crippen LogP contribution < -0.4 is 0 Å². The Kier molecular flexibility index (Phi) is 3.35. The molecular weight excluding hydrogens is 248 g/mol. The third kappa shape index (κ3) is 2.06. The van der Waals surface area contributed by atoms with Crippen LogP contribution in [0.25, 0.3) is 0 Å². The molecular formula is C13H18N2O2S. The normalized spacial score (nSPS) is 31.5. The molecule has 0 aromatic carbocycles.